The molecule has 0 amide bonds. The van der Waals surface area contributed by atoms with Crippen LogP contribution in [0.5, 0.6) is 0 Å². The van der Waals surface area contributed by atoms with Crippen molar-refractivity contribution in [2.75, 3.05) is 0 Å². The summed E-state index contributed by atoms with van der Waals surface area (Å²) < 4.78 is 1.10. The van der Waals surface area contributed by atoms with Crippen LogP contribution in [0.25, 0.3) is 0 Å². The van der Waals surface area contributed by atoms with Crippen molar-refractivity contribution in [3.63, 3.8) is 0 Å². The lowest BCUT2D eigenvalue weighted by atomic mass is 9.77. The lowest BCUT2D eigenvalue weighted by molar-refractivity contribution is 0.103. The first-order valence-corrected chi connectivity index (χ1v) is 7.73. The van der Waals surface area contributed by atoms with Crippen molar-refractivity contribution in [3.8, 4) is 0 Å². The van der Waals surface area contributed by atoms with Gasteiger partial charge in [0.15, 0.2) is 5.78 Å². The first kappa shape index (κ1) is 12.9. The van der Waals surface area contributed by atoms with Crippen LogP contribution in [0.3, 0.4) is 0 Å². The van der Waals surface area contributed by atoms with E-state index in [1.165, 1.54) is 24.8 Å². The molecule has 0 aliphatic heterocycles. The van der Waals surface area contributed by atoms with Gasteiger partial charge in [0.1, 0.15) is 0 Å². The molecule has 2 aromatic rings. The van der Waals surface area contributed by atoms with Crippen molar-refractivity contribution in [1.29, 1.82) is 0 Å². The summed E-state index contributed by atoms with van der Waals surface area (Å²) >= 11 is 2.25. The third-order valence-corrected chi connectivity index (χ3v) is 4.51. The Morgan fingerprint density at radius 1 is 1.05 bits per heavy atom. The summed E-state index contributed by atoms with van der Waals surface area (Å²) in [6, 6.07) is 15.9. The molecule has 96 valence electrons. The third-order valence-electron chi connectivity index (χ3n) is 3.84. The van der Waals surface area contributed by atoms with Crippen molar-refractivity contribution >= 4 is 28.4 Å². The van der Waals surface area contributed by atoms with Gasteiger partial charge in [-0.2, -0.15) is 0 Å². The summed E-state index contributed by atoms with van der Waals surface area (Å²) in [5.41, 5.74) is 2.91. The molecule has 19 heavy (non-hydrogen) atoms. The second-order valence-corrected chi connectivity index (χ2v) is 6.30. The van der Waals surface area contributed by atoms with Crippen LogP contribution < -0.4 is 0 Å². The second-order valence-electron chi connectivity index (χ2n) is 5.05. The monoisotopic (exact) mass is 362 g/mol. The van der Waals surface area contributed by atoms with E-state index in [0.717, 1.165) is 14.7 Å². The van der Waals surface area contributed by atoms with Gasteiger partial charge in [0.05, 0.1) is 0 Å². The maximum atomic E-state index is 12.7. The highest BCUT2D eigenvalue weighted by Crippen LogP contribution is 2.38. The molecule has 1 aliphatic rings. The minimum Gasteiger partial charge on any atom is -0.289 e. The van der Waals surface area contributed by atoms with Gasteiger partial charge in [-0.3, -0.25) is 4.79 Å². The highest BCUT2D eigenvalue weighted by Gasteiger charge is 2.24. The van der Waals surface area contributed by atoms with Crippen LogP contribution in [0.2, 0.25) is 0 Å². The van der Waals surface area contributed by atoms with E-state index in [1.54, 1.807) is 0 Å². The Morgan fingerprint density at radius 2 is 1.84 bits per heavy atom. The van der Waals surface area contributed by atoms with Crippen LogP contribution in [0.15, 0.2) is 48.5 Å². The zero-order valence-electron chi connectivity index (χ0n) is 10.6. The lowest BCUT2D eigenvalue weighted by Crippen LogP contribution is -2.14. The number of hydrogen-bond acceptors (Lipinski definition) is 1. The number of halogens is 1. The average Bonchev–Trinajstić information content (AvgIpc) is 2.37. The molecule has 1 nitrogen and oxygen atoms in total. The Morgan fingerprint density at radius 3 is 2.53 bits per heavy atom. The van der Waals surface area contributed by atoms with Crippen molar-refractivity contribution in [2.45, 2.75) is 25.2 Å². The first-order valence-electron chi connectivity index (χ1n) is 6.65. The number of ketones is 1. The van der Waals surface area contributed by atoms with Gasteiger partial charge in [-0.25, -0.2) is 0 Å². The third kappa shape index (κ3) is 2.59. The topological polar surface area (TPSA) is 17.1 Å². The van der Waals surface area contributed by atoms with Crippen molar-refractivity contribution < 1.29 is 4.79 Å². The summed E-state index contributed by atoms with van der Waals surface area (Å²) in [7, 11) is 0. The minimum atomic E-state index is 0.154. The zero-order valence-corrected chi connectivity index (χ0v) is 12.8. The van der Waals surface area contributed by atoms with Crippen molar-refractivity contribution in [2.24, 2.45) is 0 Å². The molecular weight excluding hydrogens is 347 g/mol. The molecule has 0 radical (unpaired) electrons. The van der Waals surface area contributed by atoms with Crippen LogP contribution in [-0.4, -0.2) is 5.78 Å². The van der Waals surface area contributed by atoms with Crippen LogP contribution in [0.4, 0.5) is 0 Å². The van der Waals surface area contributed by atoms with Gasteiger partial charge in [0.2, 0.25) is 0 Å². The number of rotatable bonds is 3. The van der Waals surface area contributed by atoms with Crippen LogP contribution in [0.1, 0.15) is 46.7 Å². The van der Waals surface area contributed by atoms with E-state index in [0.29, 0.717) is 5.92 Å². The molecule has 0 saturated heterocycles. The Balaban J connectivity index is 1.99. The van der Waals surface area contributed by atoms with Gasteiger partial charge in [-0.05, 0) is 59.0 Å². The highest BCUT2D eigenvalue weighted by atomic mass is 127. The highest BCUT2D eigenvalue weighted by molar-refractivity contribution is 14.1. The summed E-state index contributed by atoms with van der Waals surface area (Å²) in [6.45, 7) is 0. The van der Waals surface area contributed by atoms with E-state index >= 15 is 0 Å². The molecular formula is C17H15IO. The van der Waals surface area contributed by atoms with E-state index in [4.69, 9.17) is 0 Å². The summed E-state index contributed by atoms with van der Waals surface area (Å²) in [6.07, 6.45) is 3.73. The van der Waals surface area contributed by atoms with Gasteiger partial charge >= 0.3 is 0 Å². The number of benzene rings is 2. The molecule has 0 heterocycles. The molecule has 0 spiro atoms. The summed E-state index contributed by atoms with van der Waals surface area (Å²) in [5.74, 6) is 0.740. The molecule has 1 saturated carbocycles. The molecule has 3 rings (SSSR count). The van der Waals surface area contributed by atoms with Gasteiger partial charge in [-0.15, -0.1) is 0 Å². The molecule has 0 unspecified atom stereocenters. The van der Waals surface area contributed by atoms with E-state index < -0.39 is 0 Å². The number of carbonyl (C=O) groups is 1. The lowest BCUT2D eigenvalue weighted by Gasteiger charge is -2.27. The Kier molecular flexibility index (Phi) is 3.69. The smallest absolute Gasteiger partial charge is 0.193 e. The Hall–Kier alpha value is -1.16. The van der Waals surface area contributed by atoms with Gasteiger partial charge in [0.25, 0.3) is 0 Å². The summed E-state index contributed by atoms with van der Waals surface area (Å²) in [5, 5.41) is 0. The summed E-state index contributed by atoms with van der Waals surface area (Å²) in [4.78, 5) is 12.7. The van der Waals surface area contributed by atoms with Gasteiger partial charge in [0, 0.05) is 14.7 Å². The molecule has 0 bridgehead atoms. The SMILES string of the molecule is O=C(c1cccc(I)c1)c1ccccc1C1CCC1. The first-order chi connectivity index (χ1) is 9.25. The molecule has 0 atom stereocenters. The number of carbonyl (C=O) groups excluding carboxylic acids is 1. The number of hydrogen-bond donors (Lipinski definition) is 0. The zero-order chi connectivity index (χ0) is 13.2. The van der Waals surface area contributed by atoms with Crippen LogP contribution in [0, 0.1) is 3.57 Å². The fraction of sp³-hybridized carbons (Fsp3) is 0.235. The minimum absolute atomic E-state index is 0.154. The molecule has 2 aromatic carbocycles. The van der Waals surface area contributed by atoms with Gasteiger partial charge in [-0.1, -0.05) is 42.8 Å². The Labute approximate surface area is 127 Å². The van der Waals surface area contributed by atoms with Crippen LogP contribution >= 0.6 is 22.6 Å². The van der Waals surface area contributed by atoms with Crippen molar-refractivity contribution in [1.82, 2.24) is 0 Å². The fourth-order valence-electron chi connectivity index (χ4n) is 2.56. The average molecular weight is 362 g/mol. The van der Waals surface area contributed by atoms with Gasteiger partial charge < -0.3 is 0 Å². The van der Waals surface area contributed by atoms with E-state index in [2.05, 4.69) is 28.7 Å². The predicted molar refractivity (Wildman–Crippen MR) is 85.6 cm³/mol. The quantitative estimate of drug-likeness (QED) is 0.567. The van der Waals surface area contributed by atoms with E-state index in [1.807, 2.05) is 42.5 Å². The maximum absolute atomic E-state index is 12.7. The predicted octanol–water partition coefficient (Wildman–Crippen LogP) is 4.79. The van der Waals surface area contributed by atoms with E-state index in [9.17, 15) is 4.79 Å². The second kappa shape index (κ2) is 5.45. The standard InChI is InChI=1S/C17H15IO/c18-14-8-4-7-13(11-14)17(19)16-10-2-1-9-15(16)12-5-3-6-12/h1-2,4,7-12H,3,5-6H2. The molecule has 2 heteroatoms. The largest absolute Gasteiger partial charge is 0.289 e. The molecule has 0 N–H and O–H groups in total. The molecule has 1 aliphatic carbocycles. The van der Waals surface area contributed by atoms with Crippen LogP contribution in [-0.2, 0) is 0 Å². The molecule has 1 fully saturated rings. The van der Waals surface area contributed by atoms with Crippen molar-refractivity contribution in [3.05, 3.63) is 68.8 Å². The fourth-order valence-corrected chi connectivity index (χ4v) is 3.11. The Bertz CT molecular complexity index is 614. The van der Waals surface area contributed by atoms with E-state index in [-0.39, 0.29) is 5.78 Å². The normalized spacial score (nSPS) is 15.0. The maximum Gasteiger partial charge on any atom is 0.193 e. The molecule has 0 aromatic heterocycles.